The fourth-order valence-electron chi connectivity index (χ4n) is 0.994. The molecule has 0 atom stereocenters. The summed E-state index contributed by atoms with van der Waals surface area (Å²) in [6.45, 7) is 5.36. The van der Waals surface area contributed by atoms with E-state index in [4.69, 9.17) is 0 Å². The zero-order valence-corrected chi connectivity index (χ0v) is 10.6. The standard InChI is InChI=1S/C12H14OS2/c1-9(2)12(13)15-8-10-4-6-11(14-3)7-5-10/h4-7H,1,8H2,2-3H3. The van der Waals surface area contributed by atoms with Crippen molar-refractivity contribution in [3.63, 3.8) is 0 Å². The van der Waals surface area contributed by atoms with Gasteiger partial charge in [0.1, 0.15) is 0 Å². The van der Waals surface area contributed by atoms with Gasteiger partial charge in [-0.2, -0.15) is 0 Å². The number of carbonyl (C=O) groups is 1. The fourth-order valence-corrected chi connectivity index (χ4v) is 2.14. The largest absolute Gasteiger partial charge is 0.282 e. The molecule has 0 radical (unpaired) electrons. The number of carbonyl (C=O) groups excluding carboxylic acids is 1. The highest BCUT2D eigenvalue weighted by molar-refractivity contribution is 8.13. The highest BCUT2D eigenvalue weighted by Crippen LogP contribution is 2.19. The first kappa shape index (κ1) is 12.4. The minimum Gasteiger partial charge on any atom is -0.282 e. The Kier molecular flexibility index (Phi) is 4.99. The summed E-state index contributed by atoms with van der Waals surface area (Å²) in [6.07, 6.45) is 2.05. The van der Waals surface area contributed by atoms with Crippen LogP contribution >= 0.6 is 23.5 Å². The molecule has 0 aliphatic heterocycles. The lowest BCUT2D eigenvalue weighted by Gasteiger charge is -2.01. The van der Waals surface area contributed by atoms with Gasteiger partial charge >= 0.3 is 0 Å². The van der Waals surface area contributed by atoms with Gasteiger partial charge in [-0.25, -0.2) is 0 Å². The third kappa shape index (κ3) is 4.14. The summed E-state index contributed by atoms with van der Waals surface area (Å²) in [5.74, 6) is 0.723. The Bertz CT molecular complexity index is 354. The lowest BCUT2D eigenvalue weighted by atomic mass is 10.2. The molecule has 0 aromatic heterocycles. The number of hydrogen-bond acceptors (Lipinski definition) is 3. The predicted molar refractivity (Wildman–Crippen MR) is 69.3 cm³/mol. The number of thioether (sulfide) groups is 2. The Morgan fingerprint density at radius 1 is 1.33 bits per heavy atom. The van der Waals surface area contributed by atoms with Crippen molar-refractivity contribution in [1.29, 1.82) is 0 Å². The predicted octanol–water partition coefficient (Wildman–Crippen LogP) is 3.74. The summed E-state index contributed by atoms with van der Waals surface area (Å²) in [7, 11) is 0. The van der Waals surface area contributed by atoms with Crippen LogP contribution in [0.1, 0.15) is 12.5 Å². The van der Waals surface area contributed by atoms with Gasteiger partial charge in [-0.1, -0.05) is 30.5 Å². The van der Waals surface area contributed by atoms with E-state index in [0.717, 1.165) is 5.75 Å². The van der Waals surface area contributed by atoms with Crippen molar-refractivity contribution in [2.24, 2.45) is 0 Å². The van der Waals surface area contributed by atoms with Crippen molar-refractivity contribution >= 4 is 28.6 Å². The van der Waals surface area contributed by atoms with Crippen LogP contribution in [0, 0.1) is 0 Å². The van der Waals surface area contributed by atoms with Gasteiger partial charge in [0.15, 0.2) is 0 Å². The van der Waals surface area contributed by atoms with E-state index in [1.54, 1.807) is 18.7 Å². The van der Waals surface area contributed by atoms with Crippen molar-refractivity contribution < 1.29 is 4.79 Å². The van der Waals surface area contributed by atoms with Gasteiger partial charge in [-0.05, 0) is 36.4 Å². The molecule has 0 saturated heterocycles. The molecule has 0 saturated carbocycles. The normalized spacial score (nSPS) is 10.0. The van der Waals surface area contributed by atoms with Crippen LogP contribution in [0.15, 0.2) is 41.3 Å². The van der Waals surface area contributed by atoms with Gasteiger partial charge in [0.25, 0.3) is 0 Å². The molecule has 0 aliphatic carbocycles. The van der Waals surface area contributed by atoms with E-state index in [9.17, 15) is 4.79 Å². The van der Waals surface area contributed by atoms with Gasteiger partial charge in [0.05, 0.1) is 0 Å². The number of benzene rings is 1. The third-order valence-corrected chi connectivity index (χ3v) is 3.71. The topological polar surface area (TPSA) is 17.1 Å². The van der Waals surface area contributed by atoms with Gasteiger partial charge in [0, 0.05) is 10.6 Å². The van der Waals surface area contributed by atoms with Gasteiger partial charge in [-0.3, -0.25) is 4.79 Å². The molecule has 1 aromatic carbocycles. The molecule has 15 heavy (non-hydrogen) atoms. The molecule has 1 aromatic rings. The maximum absolute atomic E-state index is 11.3. The minimum atomic E-state index is 0.0731. The van der Waals surface area contributed by atoms with E-state index >= 15 is 0 Å². The summed E-state index contributed by atoms with van der Waals surface area (Å²) in [6, 6.07) is 8.27. The van der Waals surface area contributed by atoms with E-state index in [2.05, 4.69) is 30.8 Å². The second kappa shape index (κ2) is 6.03. The highest BCUT2D eigenvalue weighted by atomic mass is 32.2. The Morgan fingerprint density at radius 3 is 2.40 bits per heavy atom. The van der Waals surface area contributed by atoms with E-state index < -0.39 is 0 Å². The summed E-state index contributed by atoms with van der Waals surface area (Å²) in [5, 5.41) is 0.0731. The van der Waals surface area contributed by atoms with Gasteiger partial charge in [-0.15, -0.1) is 11.8 Å². The maximum Gasteiger partial charge on any atom is 0.214 e. The maximum atomic E-state index is 11.3. The molecule has 0 N–H and O–H groups in total. The Balaban J connectivity index is 2.51. The molecule has 0 heterocycles. The van der Waals surface area contributed by atoms with Crippen LogP contribution in [0.4, 0.5) is 0 Å². The van der Waals surface area contributed by atoms with Crippen molar-refractivity contribution in [1.82, 2.24) is 0 Å². The molecule has 0 bridgehead atoms. The van der Waals surface area contributed by atoms with Gasteiger partial charge < -0.3 is 0 Å². The molecule has 3 heteroatoms. The molecule has 0 amide bonds. The molecule has 0 unspecified atom stereocenters. The van der Waals surface area contributed by atoms with E-state index in [-0.39, 0.29) is 5.12 Å². The van der Waals surface area contributed by atoms with Crippen LogP contribution < -0.4 is 0 Å². The second-order valence-electron chi connectivity index (χ2n) is 3.20. The van der Waals surface area contributed by atoms with Crippen molar-refractivity contribution in [2.75, 3.05) is 6.26 Å². The molecule has 80 valence electrons. The average Bonchev–Trinajstić information content (AvgIpc) is 2.26. The number of hydrogen-bond donors (Lipinski definition) is 0. The summed E-state index contributed by atoms with van der Waals surface area (Å²) < 4.78 is 0. The molecule has 0 aliphatic rings. The Hall–Kier alpha value is -0.670. The van der Waals surface area contributed by atoms with E-state index in [0.29, 0.717) is 5.57 Å². The zero-order valence-electron chi connectivity index (χ0n) is 8.95. The van der Waals surface area contributed by atoms with Gasteiger partial charge in [0.2, 0.25) is 5.12 Å². The van der Waals surface area contributed by atoms with Crippen molar-refractivity contribution in [3.05, 3.63) is 42.0 Å². The van der Waals surface area contributed by atoms with Crippen LogP contribution in [0.3, 0.4) is 0 Å². The lowest BCUT2D eigenvalue weighted by molar-refractivity contribution is -0.107. The fraction of sp³-hybridized carbons (Fsp3) is 0.250. The molecule has 1 nitrogen and oxygen atoms in total. The zero-order chi connectivity index (χ0) is 11.3. The first-order valence-electron chi connectivity index (χ1n) is 4.59. The summed E-state index contributed by atoms with van der Waals surface area (Å²) in [5.41, 5.74) is 1.79. The van der Waals surface area contributed by atoms with Crippen LogP contribution in [0.5, 0.6) is 0 Å². The van der Waals surface area contributed by atoms with Crippen LogP contribution in [-0.2, 0) is 10.5 Å². The SMILES string of the molecule is C=C(C)C(=O)SCc1ccc(SC)cc1. The average molecular weight is 238 g/mol. The molecular formula is C12H14OS2. The van der Waals surface area contributed by atoms with E-state index in [1.807, 2.05) is 6.26 Å². The van der Waals surface area contributed by atoms with Crippen LogP contribution in [0.2, 0.25) is 0 Å². The molecular weight excluding hydrogens is 224 g/mol. The Morgan fingerprint density at radius 2 is 1.93 bits per heavy atom. The monoisotopic (exact) mass is 238 g/mol. The summed E-state index contributed by atoms with van der Waals surface area (Å²) in [4.78, 5) is 12.5. The number of rotatable bonds is 4. The highest BCUT2D eigenvalue weighted by Gasteiger charge is 2.03. The summed E-state index contributed by atoms with van der Waals surface area (Å²) >= 11 is 3.02. The molecule has 1 rings (SSSR count). The lowest BCUT2D eigenvalue weighted by Crippen LogP contribution is -1.92. The second-order valence-corrected chi connectivity index (χ2v) is 5.03. The third-order valence-electron chi connectivity index (χ3n) is 1.88. The first-order valence-corrected chi connectivity index (χ1v) is 6.80. The van der Waals surface area contributed by atoms with E-state index in [1.165, 1.54) is 22.2 Å². The molecule has 0 spiro atoms. The quantitative estimate of drug-likeness (QED) is 0.587. The van der Waals surface area contributed by atoms with Crippen molar-refractivity contribution in [2.45, 2.75) is 17.6 Å². The van der Waals surface area contributed by atoms with Crippen LogP contribution in [-0.4, -0.2) is 11.4 Å². The smallest absolute Gasteiger partial charge is 0.214 e. The van der Waals surface area contributed by atoms with Crippen molar-refractivity contribution in [3.8, 4) is 0 Å². The Labute approximate surface area is 99.3 Å². The first-order chi connectivity index (χ1) is 7.13. The minimum absolute atomic E-state index is 0.0731. The van der Waals surface area contributed by atoms with Crippen LogP contribution in [0.25, 0.3) is 0 Å². The molecule has 0 fully saturated rings.